The van der Waals surface area contributed by atoms with Crippen molar-refractivity contribution in [3.8, 4) is 17.1 Å². The number of rotatable bonds is 3. The van der Waals surface area contributed by atoms with Crippen LogP contribution in [-0.4, -0.2) is 21.9 Å². The van der Waals surface area contributed by atoms with Crippen molar-refractivity contribution in [2.45, 2.75) is 26.8 Å². The number of hydrogen-bond donors (Lipinski definition) is 1. The Bertz CT molecular complexity index is 560. The molecule has 0 atom stereocenters. The van der Waals surface area contributed by atoms with E-state index in [2.05, 4.69) is 28.6 Å². The minimum absolute atomic E-state index is 0.288. The van der Waals surface area contributed by atoms with Crippen LogP contribution in [0.5, 0.6) is 5.75 Å². The first-order valence-corrected chi connectivity index (χ1v) is 5.90. The third kappa shape index (κ3) is 2.03. The zero-order chi connectivity index (χ0) is 13.3. The van der Waals surface area contributed by atoms with Gasteiger partial charge in [0.2, 0.25) is 0 Å². The molecule has 1 aromatic carbocycles. The molecule has 96 valence electrons. The fraction of sp³-hybridized carbons (Fsp3) is 0.385. The lowest BCUT2D eigenvalue weighted by atomic mass is 10.1. The highest BCUT2D eigenvalue weighted by Gasteiger charge is 2.15. The van der Waals surface area contributed by atoms with E-state index in [1.807, 2.05) is 19.1 Å². The number of nitrogen functional groups attached to an aromatic ring is 1. The Kier molecular flexibility index (Phi) is 3.23. The van der Waals surface area contributed by atoms with Gasteiger partial charge in [-0.3, -0.25) is 0 Å². The van der Waals surface area contributed by atoms with Crippen molar-refractivity contribution >= 4 is 5.69 Å². The van der Waals surface area contributed by atoms with Crippen molar-refractivity contribution < 1.29 is 4.74 Å². The molecule has 0 aliphatic carbocycles. The van der Waals surface area contributed by atoms with Gasteiger partial charge < -0.3 is 15.0 Å². The lowest BCUT2D eigenvalue weighted by Gasteiger charge is -2.14. The van der Waals surface area contributed by atoms with Crippen molar-refractivity contribution in [1.29, 1.82) is 0 Å². The summed E-state index contributed by atoms with van der Waals surface area (Å²) in [5.41, 5.74) is 7.57. The van der Waals surface area contributed by atoms with Crippen LogP contribution in [0.1, 0.15) is 25.7 Å². The van der Waals surface area contributed by atoms with E-state index in [0.717, 1.165) is 23.0 Å². The molecule has 5 nitrogen and oxygen atoms in total. The number of nitrogens with zero attached hydrogens (tertiary/aromatic N) is 3. The van der Waals surface area contributed by atoms with Gasteiger partial charge in [-0.2, -0.15) is 0 Å². The SMILES string of the molecule is COc1ccc(-c2nnc(C)n2C(C)C)c(N)c1. The second-order valence-corrected chi connectivity index (χ2v) is 4.49. The summed E-state index contributed by atoms with van der Waals surface area (Å²) in [5, 5.41) is 8.34. The first kappa shape index (κ1) is 12.4. The minimum Gasteiger partial charge on any atom is -0.497 e. The van der Waals surface area contributed by atoms with Crippen LogP contribution < -0.4 is 10.5 Å². The highest BCUT2D eigenvalue weighted by molar-refractivity contribution is 5.73. The van der Waals surface area contributed by atoms with Crippen molar-refractivity contribution in [3.63, 3.8) is 0 Å². The lowest BCUT2D eigenvalue weighted by molar-refractivity contribution is 0.415. The fourth-order valence-electron chi connectivity index (χ4n) is 2.04. The molecule has 0 aliphatic heterocycles. The van der Waals surface area contributed by atoms with Crippen molar-refractivity contribution in [1.82, 2.24) is 14.8 Å². The molecular weight excluding hydrogens is 228 g/mol. The summed E-state index contributed by atoms with van der Waals surface area (Å²) in [6.07, 6.45) is 0. The topological polar surface area (TPSA) is 66.0 Å². The molecular formula is C13H18N4O. The van der Waals surface area contributed by atoms with Crippen LogP contribution in [0, 0.1) is 6.92 Å². The Morgan fingerprint density at radius 2 is 2.00 bits per heavy atom. The molecule has 0 aliphatic rings. The number of hydrogen-bond acceptors (Lipinski definition) is 4. The Balaban J connectivity index is 2.55. The second-order valence-electron chi connectivity index (χ2n) is 4.49. The predicted octanol–water partition coefficient (Wildman–Crippen LogP) is 2.43. The van der Waals surface area contributed by atoms with E-state index in [-0.39, 0.29) is 6.04 Å². The van der Waals surface area contributed by atoms with E-state index in [1.54, 1.807) is 13.2 Å². The molecule has 1 heterocycles. The monoisotopic (exact) mass is 246 g/mol. The number of benzene rings is 1. The number of aryl methyl sites for hydroxylation is 1. The van der Waals surface area contributed by atoms with Crippen LogP contribution in [0.3, 0.4) is 0 Å². The minimum atomic E-state index is 0.288. The van der Waals surface area contributed by atoms with Crippen LogP contribution in [-0.2, 0) is 0 Å². The van der Waals surface area contributed by atoms with Gasteiger partial charge in [-0.15, -0.1) is 10.2 Å². The highest BCUT2D eigenvalue weighted by Crippen LogP contribution is 2.30. The van der Waals surface area contributed by atoms with Gasteiger partial charge in [-0.25, -0.2) is 0 Å². The fourth-order valence-corrected chi connectivity index (χ4v) is 2.04. The molecule has 2 rings (SSSR count). The van der Waals surface area contributed by atoms with Crippen molar-refractivity contribution in [3.05, 3.63) is 24.0 Å². The molecule has 0 spiro atoms. The van der Waals surface area contributed by atoms with E-state index in [0.29, 0.717) is 5.69 Å². The maximum Gasteiger partial charge on any atom is 0.166 e. The van der Waals surface area contributed by atoms with E-state index in [9.17, 15) is 0 Å². The van der Waals surface area contributed by atoms with E-state index in [4.69, 9.17) is 10.5 Å². The molecule has 18 heavy (non-hydrogen) atoms. The standard InChI is InChI=1S/C13H18N4O/c1-8(2)17-9(3)15-16-13(17)11-6-5-10(18-4)7-12(11)14/h5-8H,14H2,1-4H3. The van der Waals surface area contributed by atoms with Crippen LogP contribution >= 0.6 is 0 Å². The van der Waals surface area contributed by atoms with Crippen LogP contribution in [0.4, 0.5) is 5.69 Å². The van der Waals surface area contributed by atoms with Crippen molar-refractivity contribution in [2.75, 3.05) is 12.8 Å². The second kappa shape index (κ2) is 4.68. The van der Waals surface area contributed by atoms with E-state index < -0.39 is 0 Å². The van der Waals surface area contributed by atoms with Gasteiger partial charge in [0.25, 0.3) is 0 Å². The van der Waals surface area contributed by atoms with Gasteiger partial charge in [-0.05, 0) is 32.9 Å². The lowest BCUT2D eigenvalue weighted by Crippen LogP contribution is -2.06. The quantitative estimate of drug-likeness (QED) is 0.845. The molecule has 0 unspecified atom stereocenters. The number of ether oxygens (including phenoxy) is 1. The summed E-state index contributed by atoms with van der Waals surface area (Å²) in [7, 11) is 1.62. The van der Waals surface area contributed by atoms with Crippen LogP contribution in [0.25, 0.3) is 11.4 Å². The molecule has 0 amide bonds. The summed E-state index contributed by atoms with van der Waals surface area (Å²) in [4.78, 5) is 0. The molecule has 1 aromatic heterocycles. The Morgan fingerprint density at radius 3 is 2.56 bits per heavy atom. The van der Waals surface area contributed by atoms with Gasteiger partial charge >= 0.3 is 0 Å². The number of nitrogens with two attached hydrogens (primary N) is 1. The molecule has 0 fully saturated rings. The van der Waals surface area contributed by atoms with Gasteiger partial charge in [0.15, 0.2) is 5.82 Å². The normalized spacial score (nSPS) is 10.9. The molecule has 0 bridgehead atoms. The first-order chi connectivity index (χ1) is 8.54. The maximum atomic E-state index is 6.05. The summed E-state index contributed by atoms with van der Waals surface area (Å²) in [5.74, 6) is 2.42. The van der Waals surface area contributed by atoms with Crippen LogP contribution in [0.15, 0.2) is 18.2 Å². The Labute approximate surface area is 107 Å². The summed E-state index contributed by atoms with van der Waals surface area (Å²) >= 11 is 0. The van der Waals surface area contributed by atoms with Gasteiger partial charge in [-0.1, -0.05) is 0 Å². The number of aromatic nitrogens is 3. The first-order valence-electron chi connectivity index (χ1n) is 5.90. The molecule has 0 saturated carbocycles. The largest absolute Gasteiger partial charge is 0.497 e. The third-order valence-corrected chi connectivity index (χ3v) is 2.88. The number of methoxy groups -OCH3 is 1. The molecule has 2 N–H and O–H groups in total. The smallest absolute Gasteiger partial charge is 0.166 e. The van der Waals surface area contributed by atoms with E-state index >= 15 is 0 Å². The van der Waals surface area contributed by atoms with Gasteiger partial charge in [0, 0.05) is 23.4 Å². The van der Waals surface area contributed by atoms with E-state index in [1.165, 1.54) is 0 Å². The maximum absolute atomic E-state index is 6.05. The Hall–Kier alpha value is -2.04. The molecule has 0 radical (unpaired) electrons. The van der Waals surface area contributed by atoms with Gasteiger partial charge in [0.1, 0.15) is 11.6 Å². The number of anilines is 1. The summed E-state index contributed by atoms with van der Waals surface area (Å²) < 4.78 is 7.21. The highest BCUT2D eigenvalue weighted by atomic mass is 16.5. The predicted molar refractivity (Wildman–Crippen MR) is 71.5 cm³/mol. The molecule has 2 aromatic rings. The molecule has 5 heteroatoms. The molecule has 0 saturated heterocycles. The van der Waals surface area contributed by atoms with Gasteiger partial charge in [0.05, 0.1) is 7.11 Å². The van der Waals surface area contributed by atoms with Crippen molar-refractivity contribution in [2.24, 2.45) is 0 Å². The summed E-state index contributed by atoms with van der Waals surface area (Å²) in [6.45, 7) is 6.13. The summed E-state index contributed by atoms with van der Waals surface area (Å²) in [6, 6.07) is 5.87. The average Bonchev–Trinajstić information content (AvgIpc) is 2.70. The third-order valence-electron chi connectivity index (χ3n) is 2.88. The average molecular weight is 246 g/mol. The van der Waals surface area contributed by atoms with Crippen LogP contribution in [0.2, 0.25) is 0 Å². The zero-order valence-electron chi connectivity index (χ0n) is 11.1. The zero-order valence-corrected chi connectivity index (χ0v) is 11.1. The Morgan fingerprint density at radius 1 is 1.28 bits per heavy atom.